The van der Waals surface area contributed by atoms with E-state index in [2.05, 4.69) is 32.6 Å². The largest absolute Gasteiger partial charge is 0.478 e. The summed E-state index contributed by atoms with van der Waals surface area (Å²) in [7, 11) is 0. The smallest absolute Gasteiger partial charge is 0.335 e. The van der Waals surface area contributed by atoms with E-state index in [1.54, 1.807) is 6.07 Å². The second-order valence-electron chi connectivity index (χ2n) is 10.4. The fourth-order valence-corrected chi connectivity index (χ4v) is 6.63. The van der Waals surface area contributed by atoms with Crippen molar-refractivity contribution in [2.75, 3.05) is 50.8 Å². The van der Waals surface area contributed by atoms with Crippen LogP contribution < -0.4 is 4.90 Å². The van der Waals surface area contributed by atoms with Crippen LogP contribution in [0.4, 0.5) is 5.69 Å². The Bertz CT molecular complexity index is 1270. The zero-order valence-electron chi connectivity index (χ0n) is 20.7. The summed E-state index contributed by atoms with van der Waals surface area (Å²) in [6.07, 6.45) is 6.19. The molecule has 3 aromatic rings. The van der Waals surface area contributed by atoms with Crippen molar-refractivity contribution in [1.29, 1.82) is 0 Å². The molecule has 7 heteroatoms. The Morgan fingerprint density at radius 2 is 1.76 bits per heavy atom. The molecule has 1 N–H and O–H groups in total. The van der Waals surface area contributed by atoms with Crippen LogP contribution >= 0.6 is 11.6 Å². The van der Waals surface area contributed by atoms with Crippen LogP contribution in [0.3, 0.4) is 0 Å². The SMILES string of the molecule is C.O=C(O)c1ccc2c(C3CCCCC3)c3n(c2c1)CCN(CCN1CCOCC1)c1cc(Cl)ccc1-3. The van der Waals surface area contributed by atoms with Gasteiger partial charge in [0.05, 0.1) is 24.5 Å². The molecule has 3 aliphatic rings. The molecule has 2 aromatic carbocycles. The molecule has 6 rings (SSSR count). The third-order valence-corrected chi connectivity index (χ3v) is 8.54. The van der Waals surface area contributed by atoms with Crippen molar-refractivity contribution in [3.05, 3.63) is 52.5 Å². The standard InChI is InChI=1S/C29H34ClN3O3.CH4/c30-22-7-9-24-25(19-22)32(11-10-31-14-16-36-17-15-31)12-13-33-26-18-21(29(34)35)6-8-23(26)27(28(24)33)20-4-2-1-3-5-20;/h6-9,18-20H,1-5,10-17H2,(H,34,35);1H4. The highest BCUT2D eigenvalue weighted by atomic mass is 35.5. The lowest BCUT2D eigenvalue weighted by atomic mass is 9.81. The summed E-state index contributed by atoms with van der Waals surface area (Å²) in [6.45, 7) is 7.15. The lowest BCUT2D eigenvalue weighted by Crippen LogP contribution is -2.42. The van der Waals surface area contributed by atoms with Gasteiger partial charge in [-0.15, -0.1) is 0 Å². The van der Waals surface area contributed by atoms with Crippen molar-refractivity contribution in [3.8, 4) is 11.3 Å². The van der Waals surface area contributed by atoms with Gasteiger partial charge in [0.25, 0.3) is 0 Å². The molecule has 0 spiro atoms. The molecule has 198 valence electrons. The minimum Gasteiger partial charge on any atom is -0.478 e. The van der Waals surface area contributed by atoms with E-state index in [0.29, 0.717) is 11.5 Å². The maximum atomic E-state index is 11.9. The molecule has 0 atom stereocenters. The van der Waals surface area contributed by atoms with Gasteiger partial charge in [0.1, 0.15) is 0 Å². The van der Waals surface area contributed by atoms with Gasteiger partial charge < -0.3 is 19.3 Å². The van der Waals surface area contributed by atoms with Gasteiger partial charge in [0.15, 0.2) is 0 Å². The van der Waals surface area contributed by atoms with E-state index >= 15 is 0 Å². The third-order valence-electron chi connectivity index (χ3n) is 8.30. The van der Waals surface area contributed by atoms with Crippen LogP contribution in [-0.2, 0) is 11.3 Å². The maximum Gasteiger partial charge on any atom is 0.335 e. The molecule has 0 bridgehead atoms. The molecule has 0 unspecified atom stereocenters. The van der Waals surface area contributed by atoms with Crippen LogP contribution in [0, 0.1) is 0 Å². The number of aromatic carboxylic acids is 1. The van der Waals surface area contributed by atoms with E-state index in [1.165, 1.54) is 60.0 Å². The van der Waals surface area contributed by atoms with Crippen molar-refractivity contribution in [2.24, 2.45) is 0 Å². The normalized spacial score (nSPS) is 18.7. The number of fused-ring (bicyclic) bond motifs is 5. The van der Waals surface area contributed by atoms with Gasteiger partial charge in [-0.25, -0.2) is 4.79 Å². The number of benzene rings is 2. The fourth-order valence-electron chi connectivity index (χ4n) is 6.46. The monoisotopic (exact) mass is 523 g/mol. The fraction of sp³-hybridized carbons (Fsp3) is 0.500. The number of carbonyl (C=O) groups is 1. The Balaban J connectivity index is 0.00000280. The van der Waals surface area contributed by atoms with E-state index in [9.17, 15) is 9.90 Å². The van der Waals surface area contributed by atoms with Crippen LogP contribution in [0.25, 0.3) is 22.2 Å². The zero-order chi connectivity index (χ0) is 24.6. The second-order valence-corrected chi connectivity index (χ2v) is 10.8. The summed E-state index contributed by atoms with van der Waals surface area (Å²) < 4.78 is 7.93. The Morgan fingerprint density at radius 1 is 0.973 bits per heavy atom. The number of carboxylic acid groups (broad SMARTS) is 1. The summed E-state index contributed by atoms with van der Waals surface area (Å²) in [5.41, 5.74) is 6.46. The molecule has 6 nitrogen and oxygen atoms in total. The number of aromatic nitrogens is 1. The lowest BCUT2D eigenvalue weighted by Gasteiger charge is -2.31. The average molecular weight is 524 g/mol. The van der Waals surface area contributed by atoms with E-state index in [1.807, 2.05) is 12.1 Å². The molecule has 0 amide bonds. The molecule has 1 saturated heterocycles. The highest BCUT2D eigenvalue weighted by Gasteiger charge is 2.31. The first-order valence-corrected chi connectivity index (χ1v) is 13.7. The van der Waals surface area contributed by atoms with Crippen LogP contribution in [-0.4, -0.2) is 66.5 Å². The van der Waals surface area contributed by atoms with Crippen LogP contribution in [0.2, 0.25) is 5.02 Å². The van der Waals surface area contributed by atoms with Crippen LogP contribution in [0.15, 0.2) is 36.4 Å². The molecule has 1 saturated carbocycles. The van der Waals surface area contributed by atoms with E-state index in [-0.39, 0.29) is 7.43 Å². The molecule has 0 radical (unpaired) electrons. The van der Waals surface area contributed by atoms with Gasteiger partial charge in [-0.05, 0) is 54.7 Å². The third kappa shape index (κ3) is 4.99. The first kappa shape index (κ1) is 26.1. The number of anilines is 1. The summed E-state index contributed by atoms with van der Waals surface area (Å²) >= 11 is 6.57. The van der Waals surface area contributed by atoms with E-state index in [4.69, 9.17) is 16.3 Å². The molecule has 37 heavy (non-hydrogen) atoms. The van der Waals surface area contributed by atoms with Gasteiger partial charge in [0.2, 0.25) is 0 Å². The lowest BCUT2D eigenvalue weighted by molar-refractivity contribution is 0.0391. The first-order chi connectivity index (χ1) is 17.6. The summed E-state index contributed by atoms with van der Waals surface area (Å²) in [5.74, 6) is -0.379. The Labute approximate surface area is 224 Å². The highest BCUT2D eigenvalue weighted by Crippen LogP contribution is 2.47. The van der Waals surface area contributed by atoms with Gasteiger partial charge in [-0.3, -0.25) is 4.90 Å². The zero-order valence-corrected chi connectivity index (χ0v) is 21.5. The summed E-state index contributed by atoms with van der Waals surface area (Å²) in [6, 6.07) is 12.0. The number of nitrogens with zero attached hydrogens (tertiary/aromatic N) is 3. The number of carboxylic acids is 1. The molecule has 3 heterocycles. The predicted octanol–water partition coefficient (Wildman–Crippen LogP) is 6.50. The van der Waals surface area contributed by atoms with Gasteiger partial charge >= 0.3 is 5.97 Å². The van der Waals surface area contributed by atoms with Crippen LogP contribution in [0.1, 0.15) is 61.4 Å². The Morgan fingerprint density at radius 3 is 2.51 bits per heavy atom. The Hall–Kier alpha value is -2.54. The number of ether oxygens (including phenoxy) is 1. The Kier molecular flexibility index (Phi) is 7.80. The van der Waals surface area contributed by atoms with Gasteiger partial charge in [-0.1, -0.05) is 44.4 Å². The quantitative estimate of drug-likeness (QED) is 0.414. The molecule has 1 aromatic heterocycles. The van der Waals surface area contributed by atoms with E-state index < -0.39 is 5.97 Å². The van der Waals surface area contributed by atoms with Crippen molar-refractivity contribution >= 4 is 34.2 Å². The average Bonchev–Trinajstić information content (AvgIpc) is 3.14. The van der Waals surface area contributed by atoms with Gasteiger partial charge in [-0.2, -0.15) is 0 Å². The highest BCUT2D eigenvalue weighted by molar-refractivity contribution is 6.31. The van der Waals surface area contributed by atoms with Gasteiger partial charge in [0, 0.05) is 66.4 Å². The number of halogens is 1. The number of hydrogen-bond donors (Lipinski definition) is 1. The number of morpholine rings is 1. The van der Waals surface area contributed by atoms with Crippen molar-refractivity contribution < 1.29 is 14.6 Å². The number of rotatable bonds is 5. The summed E-state index contributed by atoms with van der Waals surface area (Å²) in [5, 5.41) is 11.7. The molecule has 1 aliphatic carbocycles. The molecule has 2 aliphatic heterocycles. The van der Waals surface area contributed by atoms with Crippen molar-refractivity contribution in [3.63, 3.8) is 0 Å². The number of hydrogen-bond acceptors (Lipinski definition) is 4. The van der Waals surface area contributed by atoms with E-state index in [0.717, 1.165) is 63.0 Å². The van der Waals surface area contributed by atoms with Crippen molar-refractivity contribution in [1.82, 2.24) is 9.47 Å². The minimum absolute atomic E-state index is 0. The molecular formula is C30H38ClN3O3. The van der Waals surface area contributed by atoms with Crippen LogP contribution in [0.5, 0.6) is 0 Å². The summed E-state index contributed by atoms with van der Waals surface area (Å²) in [4.78, 5) is 16.8. The maximum absolute atomic E-state index is 11.9. The molecule has 2 fully saturated rings. The predicted molar refractivity (Wildman–Crippen MR) is 151 cm³/mol. The topological polar surface area (TPSA) is 57.9 Å². The molecular weight excluding hydrogens is 486 g/mol. The minimum atomic E-state index is -0.875. The van der Waals surface area contributed by atoms with Crippen molar-refractivity contribution in [2.45, 2.75) is 52.0 Å². The first-order valence-electron chi connectivity index (χ1n) is 13.3. The second kappa shape index (κ2) is 11.1.